The van der Waals surface area contributed by atoms with Gasteiger partial charge in [0.2, 0.25) is 0 Å². The van der Waals surface area contributed by atoms with E-state index in [0.29, 0.717) is 5.92 Å². The number of benzene rings is 1. The van der Waals surface area contributed by atoms with E-state index < -0.39 is 0 Å². The second-order valence-corrected chi connectivity index (χ2v) is 9.03. The highest BCUT2D eigenvalue weighted by molar-refractivity contribution is 5.76. The minimum Gasteiger partial charge on any atom is -0.461 e. The Kier molecular flexibility index (Phi) is 5.11. The van der Waals surface area contributed by atoms with E-state index in [1.807, 2.05) is 12.1 Å². The first-order valence-corrected chi connectivity index (χ1v) is 10.4. The number of allylic oxidation sites excluding steroid dienone is 1. The number of esters is 1. The van der Waals surface area contributed by atoms with Crippen molar-refractivity contribution in [3.63, 3.8) is 0 Å². The van der Waals surface area contributed by atoms with Gasteiger partial charge in [0.15, 0.2) is 0 Å². The second kappa shape index (κ2) is 7.38. The highest BCUT2D eigenvalue weighted by Gasteiger charge is 2.52. The van der Waals surface area contributed by atoms with Gasteiger partial charge in [-0.2, -0.15) is 0 Å². The van der Waals surface area contributed by atoms with Gasteiger partial charge < -0.3 is 10.1 Å². The molecule has 27 heavy (non-hydrogen) atoms. The Morgan fingerprint density at radius 1 is 1.30 bits per heavy atom. The number of nitrogens with two attached hydrogens (primary N) is 1. The molecule has 146 valence electrons. The SMILES string of the molecule is C[C@@H]1CCC[C@]2(C)C[C@H]3OC(=O)[C@@H](C[NH2+]CCc4ccc(F)cc4)[C@H]3C=C12. The lowest BCUT2D eigenvalue weighted by Crippen LogP contribution is -2.86. The van der Waals surface area contributed by atoms with Gasteiger partial charge in [0, 0.05) is 12.3 Å². The first-order valence-electron chi connectivity index (χ1n) is 10.4. The average molecular weight is 373 g/mol. The summed E-state index contributed by atoms with van der Waals surface area (Å²) < 4.78 is 18.8. The third-order valence-electron chi connectivity index (χ3n) is 7.05. The number of rotatable bonds is 5. The van der Waals surface area contributed by atoms with Crippen molar-refractivity contribution in [2.24, 2.45) is 23.2 Å². The van der Waals surface area contributed by atoms with Crippen LogP contribution in [0, 0.1) is 29.0 Å². The number of quaternary nitrogens is 1. The zero-order chi connectivity index (χ0) is 19.0. The zero-order valence-electron chi connectivity index (χ0n) is 16.4. The molecule has 4 heteroatoms. The molecule has 0 bridgehead atoms. The summed E-state index contributed by atoms with van der Waals surface area (Å²) in [6.07, 6.45) is 8.12. The largest absolute Gasteiger partial charge is 0.461 e. The molecular formula is C23H31FNO2+. The molecule has 1 aromatic rings. The van der Waals surface area contributed by atoms with Crippen LogP contribution in [0.25, 0.3) is 0 Å². The van der Waals surface area contributed by atoms with Gasteiger partial charge in [0.25, 0.3) is 0 Å². The summed E-state index contributed by atoms with van der Waals surface area (Å²) >= 11 is 0. The number of hydrogen-bond donors (Lipinski definition) is 1. The van der Waals surface area contributed by atoms with Crippen LogP contribution in [0.5, 0.6) is 0 Å². The van der Waals surface area contributed by atoms with Crippen molar-refractivity contribution in [3.05, 3.63) is 47.3 Å². The molecule has 1 aromatic carbocycles. The van der Waals surface area contributed by atoms with Crippen molar-refractivity contribution in [3.8, 4) is 0 Å². The lowest BCUT2D eigenvalue weighted by Gasteiger charge is -2.45. The van der Waals surface area contributed by atoms with Crippen LogP contribution in [0.4, 0.5) is 4.39 Å². The minimum atomic E-state index is -0.197. The van der Waals surface area contributed by atoms with Crippen molar-refractivity contribution >= 4 is 5.97 Å². The standard InChI is InChI=1S/C23H30FNO2/c1-15-4-3-10-23(2)13-21-18(12-20(15)23)19(22(26)27-21)14-25-11-9-16-5-7-17(24)8-6-16/h5-8,12,15,18-19,21,25H,3-4,9-11,13-14H2,1-2H3/p+1/t15-,18-,19+,21-,23-/m1/s1. The monoisotopic (exact) mass is 372 g/mol. The zero-order valence-corrected chi connectivity index (χ0v) is 16.4. The van der Waals surface area contributed by atoms with Gasteiger partial charge in [0.1, 0.15) is 17.8 Å². The van der Waals surface area contributed by atoms with Crippen molar-refractivity contribution in [1.82, 2.24) is 0 Å². The topological polar surface area (TPSA) is 42.9 Å². The number of halogens is 1. The van der Waals surface area contributed by atoms with Crippen LogP contribution in [0.15, 0.2) is 35.9 Å². The Morgan fingerprint density at radius 2 is 2.07 bits per heavy atom. The predicted octanol–water partition coefficient (Wildman–Crippen LogP) is 3.25. The number of carbonyl (C=O) groups excluding carboxylic acids is 1. The molecule has 2 N–H and O–H groups in total. The molecule has 1 saturated carbocycles. The Morgan fingerprint density at radius 3 is 2.85 bits per heavy atom. The molecule has 4 rings (SSSR count). The van der Waals surface area contributed by atoms with E-state index in [1.54, 1.807) is 5.57 Å². The maximum atomic E-state index is 13.0. The number of carbonyl (C=O) groups is 1. The molecule has 2 fully saturated rings. The van der Waals surface area contributed by atoms with Crippen molar-refractivity contribution in [2.45, 2.75) is 52.1 Å². The van der Waals surface area contributed by atoms with Crippen LogP contribution in [0.3, 0.4) is 0 Å². The molecule has 0 amide bonds. The van der Waals surface area contributed by atoms with E-state index in [4.69, 9.17) is 4.74 Å². The summed E-state index contributed by atoms with van der Waals surface area (Å²) in [5, 5.41) is 2.22. The number of fused-ring (bicyclic) bond motifs is 2. The smallest absolute Gasteiger partial charge is 0.315 e. The Balaban J connectivity index is 1.38. The molecule has 3 aliphatic rings. The van der Waals surface area contributed by atoms with E-state index >= 15 is 0 Å². The van der Waals surface area contributed by atoms with Gasteiger partial charge >= 0.3 is 5.97 Å². The summed E-state index contributed by atoms with van der Waals surface area (Å²) in [5.74, 6) is 0.618. The molecule has 1 saturated heterocycles. The van der Waals surface area contributed by atoms with Gasteiger partial charge in [-0.05, 0) is 48.3 Å². The van der Waals surface area contributed by atoms with Crippen molar-refractivity contribution in [1.29, 1.82) is 0 Å². The number of ether oxygens (including phenoxy) is 1. The summed E-state index contributed by atoms with van der Waals surface area (Å²) in [6.45, 7) is 6.37. The van der Waals surface area contributed by atoms with Gasteiger partial charge in [-0.25, -0.2) is 4.39 Å². The predicted molar refractivity (Wildman–Crippen MR) is 102 cm³/mol. The molecular weight excluding hydrogens is 341 g/mol. The quantitative estimate of drug-likeness (QED) is 0.490. The van der Waals surface area contributed by atoms with E-state index in [-0.39, 0.29) is 35.1 Å². The lowest BCUT2D eigenvalue weighted by atomic mass is 9.59. The fourth-order valence-electron chi connectivity index (χ4n) is 5.53. The Bertz CT molecular complexity index is 728. The molecule has 0 spiro atoms. The average Bonchev–Trinajstić information content (AvgIpc) is 2.92. The summed E-state index contributed by atoms with van der Waals surface area (Å²) in [6, 6.07) is 6.68. The highest BCUT2D eigenvalue weighted by Crippen LogP contribution is 2.53. The van der Waals surface area contributed by atoms with E-state index in [2.05, 4.69) is 25.2 Å². The van der Waals surface area contributed by atoms with Gasteiger partial charge in [-0.1, -0.05) is 44.1 Å². The van der Waals surface area contributed by atoms with E-state index in [9.17, 15) is 9.18 Å². The fourth-order valence-corrected chi connectivity index (χ4v) is 5.53. The van der Waals surface area contributed by atoms with Crippen LogP contribution >= 0.6 is 0 Å². The van der Waals surface area contributed by atoms with Crippen LogP contribution in [0.2, 0.25) is 0 Å². The van der Waals surface area contributed by atoms with Crippen molar-refractivity contribution < 1.29 is 19.2 Å². The third-order valence-corrected chi connectivity index (χ3v) is 7.05. The molecule has 0 radical (unpaired) electrons. The fraction of sp³-hybridized carbons (Fsp3) is 0.609. The lowest BCUT2D eigenvalue weighted by molar-refractivity contribution is -0.658. The van der Waals surface area contributed by atoms with E-state index in [0.717, 1.165) is 31.5 Å². The molecule has 1 aliphatic heterocycles. The van der Waals surface area contributed by atoms with Crippen LogP contribution in [-0.4, -0.2) is 25.2 Å². The highest BCUT2D eigenvalue weighted by atomic mass is 19.1. The Hall–Kier alpha value is -1.68. The Labute approximate surface area is 161 Å². The van der Waals surface area contributed by atoms with Gasteiger partial charge in [-0.3, -0.25) is 4.79 Å². The maximum absolute atomic E-state index is 13.0. The normalized spacial score (nSPS) is 35.2. The molecule has 5 atom stereocenters. The van der Waals surface area contributed by atoms with Gasteiger partial charge in [0.05, 0.1) is 13.1 Å². The molecule has 2 aliphatic carbocycles. The second-order valence-electron chi connectivity index (χ2n) is 9.03. The van der Waals surface area contributed by atoms with Crippen molar-refractivity contribution in [2.75, 3.05) is 13.1 Å². The van der Waals surface area contributed by atoms with Crippen LogP contribution < -0.4 is 5.32 Å². The summed E-state index contributed by atoms with van der Waals surface area (Å²) in [5.41, 5.74) is 2.93. The first kappa shape index (κ1) is 18.7. The first-order chi connectivity index (χ1) is 13.0. The van der Waals surface area contributed by atoms with E-state index in [1.165, 1.54) is 31.4 Å². The third kappa shape index (κ3) is 3.69. The number of hydrogen-bond acceptors (Lipinski definition) is 2. The molecule has 3 nitrogen and oxygen atoms in total. The van der Waals surface area contributed by atoms with Crippen LogP contribution in [0.1, 0.15) is 45.1 Å². The van der Waals surface area contributed by atoms with Crippen LogP contribution in [-0.2, 0) is 16.0 Å². The van der Waals surface area contributed by atoms with Gasteiger partial charge in [-0.15, -0.1) is 0 Å². The molecule has 0 aromatic heterocycles. The summed E-state index contributed by atoms with van der Waals surface area (Å²) in [7, 11) is 0. The minimum absolute atomic E-state index is 0.0187. The molecule has 0 unspecified atom stereocenters. The molecule has 1 heterocycles. The maximum Gasteiger partial charge on any atom is 0.315 e. The summed E-state index contributed by atoms with van der Waals surface area (Å²) in [4.78, 5) is 12.5.